The summed E-state index contributed by atoms with van der Waals surface area (Å²) >= 11 is 0. The molecule has 29 heavy (non-hydrogen) atoms. The summed E-state index contributed by atoms with van der Waals surface area (Å²) in [6, 6.07) is 28.8. The van der Waals surface area contributed by atoms with Crippen molar-refractivity contribution in [3.63, 3.8) is 0 Å². The monoisotopic (exact) mass is 381 g/mol. The maximum Gasteiger partial charge on any atom is 0.255 e. The molecule has 2 aliphatic rings. The molecule has 3 aromatic carbocycles. The van der Waals surface area contributed by atoms with Crippen molar-refractivity contribution in [2.75, 3.05) is 6.54 Å². The van der Waals surface area contributed by atoms with E-state index in [0.717, 1.165) is 34.3 Å². The lowest BCUT2D eigenvalue weighted by atomic mass is 9.85. The number of hydrogen-bond acceptors (Lipinski definition) is 2. The van der Waals surface area contributed by atoms with E-state index in [1.54, 1.807) is 0 Å². The Balaban J connectivity index is 1.59. The Labute approximate surface area is 170 Å². The number of hydrogen-bond donors (Lipinski definition) is 1. The molecule has 1 N–H and O–H groups in total. The van der Waals surface area contributed by atoms with E-state index in [2.05, 4.69) is 36.4 Å². The lowest BCUT2D eigenvalue weighted by Crippen LogP contribution is -2.40. The Hall–Kier alpha value is -3.17. The van der Waals surface area contributed by atoms with Gasteiger partial charge in [0, 0.05) is 12.6 Å². The third kappa shape index (κ3) is 3.28. The van der Waals surface area contributed by atoms with E-state index >= 15 is 0 Å². The molecule has 1 fully saturated rings. The second-order valence-electron chi connectivity index (χ2n) is 7.87. The molecule has 1 amide bonds. The van der Waals surface area contributed by atoms with Gasteiger partial charge < -0.3 is 10.0 Å². The highest BCUT2D eigenvalue weighted by Gasteiger charge is 2.41. The summed E-state index contributed by atoms with van der Waals surface area (Å²) in [6.07, 6.45) is 0.998. The number of carbonyl (C=O) groups excluding carboxylic acids is 1. The van der Waals surface area contributed by atoms with Gasteiger partial charge in [-0.1, -0.05) is 84.9 Å². The summed E-state index contributed by atoms with van der Waals surface area (Å²) in [7, 11) is 0. The van der Waals surface area contributed by atoms with Crippen molar-refractivity contribution < 1.29 is 9.90 Å². The molecule has 0 aromatic heterocycles. The van der Waals surface area contributed by atoms with Gasteiger partial charge in [-0.25, -0.2) is 0 Å². The zero-order valence-corrected chi connectivity index (χ0v) is 16.2. The van der Waals surface area contributed by atoms with Gasteiger partial charge in [0.05, 0.1) is 11.7 Å². The van der Waals surface area contributed by atoms with Gasteiger partial charge in [-0.3, -0.25) is 4.79 Å². The summed E-state index contributed by atoms with van der Waals surface area (Å²) in [5, 5.41) is 10.1. The molecule has 0 radical (unpaired) electrons. The van der Waals surface area contributed by atoms with Crippen LogP contribution in [0.3, 0.4) is 0 Å². The highest BCUT2D eigenvalue weighted by atomic mass is 16.3. The first kappa shape index (κ1) is 17.9. The summed E-state index contributed by atoms with van der Waals surface area (Å²) in [5.74, 6) is 0.0335. The van der Waals surface area contributed by atoms with Gasteiger partial charge in [0.1, 0.15) is 0 Å². The van der Waals surface area contributed by atoms with Crippen molar-refractivity contribution in [2.24, 2.45) is 0 Å². The quantitative estimate of drug-likeness (QED) is 0.719. The molecular formula is C26H23NO2. The molecule has 2 atom stereocenters. The maximum absolute atomic E-state index is 13.4. The van der Waals surface area contributed by atoms with Crippen LogP contribution in [0.15, 0.2) is 84.9 Å². The predicted molar refractivity (Wildman–Crippen MR) is 116 cm³/mol. The molecular weight excluding hydrogens is 358 g/mol. The molecule has 3 heteroatoms. The summed E-state index contributed by atoms with van der Waals surface area (Å²) in [4.78, 5) is 15.2. The Kier molecular flexibility index (Phi) is 4.53. The van der Waals surface area contributed by atoms with Gasteiger partial charge in [-0.15, -0.1) is 0 Å². The third-order valence-electron chi connectivity index (χ3n) is 6.01. The highest BCUT2D eigenvalue weighted by Crippen LogP contribution is 2.41. The average Bonchev–Trinajstić information content (AvgIpc) is 3.16. The van der Waals surface area contributed by atoms with E-state index in [0.29, 0.717) is 13.0 Å². The van der Waals surface area contributed by atoms with Crippen molar-refractivity contribution in [1.29, 1.82) is 0 Å². The molecule has 144 valence electrons. The lowest BCUT2D eigenvalue weighted by molar-refractivity contribution is -0.126. The molecule has 0 saturated carbocycles. The average molecular weight is 381 g/mol. The first-order valence-corrected chi connectivity index (χ1v) is 10.1. The summed E-state index contributed by atoms with van der Waals surface area (Å²) < 4.78 is 0. The number of amides is 1. The first-order valence-electron chi connectivity index (χ1n) is 10.1. The Morgan fingerprint density at radius 1 is 0.724 bits per heavy atom. The highest BCUT2D eigenvalue weighted by molar-refractivity contribution is 6.28. The van der Waals surface area contributed by atoms with Crippen LogP contribution in [-0.4, -0.2) is 34.6 Å². The SMILES string of the molecule is O=C1C(c2ccccc2)=C(c2ccc(-c3ccccc3)cc2)C[C@@H]2C[C@@H](O)CN12. The number of rotatable bonds is 3. The van der Waals surface area contributed by atoms with E-state index < -0.39 is 6.10 Å². The van der Waals surface area contributed by atoms with Crippen LogP contribution < -0.4 is 0 Å². The Morgan fingerprint density at radius 2 is 1.28 bits per heavy atom. The van der Waals surface area contributed by atoms with Gasteiger partial charge >= 0.3 is 0 Å². The molecule has 5 rings (SSSR count). The first-order chi connectivity index (χ1) is 14.2. The number of fused-ring (bicyclic) bond motifs is 1. The number of nitrogens with zero attached hydrogens (tertiary/aromatic N) is 1. The van der Waals surface area contributed by atoms with Crippen LogP contribution in [0, 0.1) is 0 Å². The predicted octanol–water partition coefficient (Wildman–Crippen LogP) is 4.63. The van der Waals surface area contributed by atoms with Crippen LogP contribution in [0.25, 0.3) is 22.3 Å². The molecule has 0 aliphatic carbocycles. The Morgan fingerprint density at radius 3 is 1.93 bits per heavy atom. The third-order valence-corrected chi connectivity index (χ3v) is 6.01. The van der Waals surface area contributed by atoms with Gasteiger partial charge in [-0.2, -0.15) is 0 Å². The topological polar surface area (TPSA) is 40.5 Å². The number of carbonyl (C=O) groups is 1. The smallest absolute Gasteiger partial charge is 0.255 e. The fourth-order valence-corrected chi connectivity index (χ4v) is 4.60. The van der Waals surface area contributed by atoms with Crippen LogP contribution in [0.1, 0.15) is 24.0 Å². The fourth-order valence-electron chi connectivity index (χ4n) is 4.60. The zero-order chi connectivity index (χ0) is 19.8. The zero-order valence-electron chi connectivity index (χ0n) is 16.2. The number of aliphatic hydroxyl groups excluding tert-OH is 1. The normalized spacial score (nSPS) is 21.4. The molecule has 1 saturated heterocycles. The van der Waals surface area contributed by atoms with Crippen LogP contribution >= 0.6 is 0 Å². The fraction of sp³-hybridized carbons (Fsp3) is 0.192. The molecule has 3 aromatic rings. The van der Waals surface area contributed by atoms with Crippen LogP contribution in [0.5, 0.6) is 0 Å². The van der Waals surface area contributed by atoms with Gasteiger partial charge in [0.15, 0.2) is 0 Å². The second-order valence-corrected chi connectivity index (χ2v) is 7.87. The van der Waals surface area contributed by atoms with E-state index in [1.165, 1.54) is 5.56 Å². The molecule has 0 bridgehead atoms. The summed E-state index contributed by atoms with van der Waals surface area (Å²) in [6.45, 7) is 0.431. The summed E-state index contributed by atoms with van der Waals surface area (Å²) in [5.41, 5.74) is 6.22. The van der Waals surface area contributed by atoms with E-state index in [1.807, 2.05) is 53.4 Å². The second kappa shape index (κ2) is 7.34. The van der Waals surface area contributed by atoms with Crippen molar-refractivity contribution in [2.45, 2.75) is 25.0 Å². The van der Waals surface area contributed by atoms with Crippen molar-refractivity contribution in [3.8, 4) is 11.1 Å². The van der Waals surface area contributed by atoms with E-state index in [4.69, 9.17) is 0 Å². The lowest BCUT2D eigenvalue weighted by Gasteiger charge is -2.33. The van der Waals surface area contributed by atoms with Gasteiger partial charge in [0.25, 0.3) is 5.91 Å². The van der Waals surface area contributed by atoms with Crippen molar-refractivity contribution >= 4 is 17.1 Å². The van der Waals surface area contributed by atoms with E-state index in [-0.39, 0.29) is 11.9 Å². The molecule has 0 spiro atoms. The standard InChI is InChI=1S/C26H23NO2/c28-23-15-22-16-24(20-13-11-19(12-14-20)18-7-3-1-4-8-18)25(26(29)27(22)17-23)21-9-5-2-6-10-21/h1-14,22-23,28H,15-17H2/t22-,23+/m0/s1. The van der Waals surface area contributed by atoms with Gasteiger partial charge in [0.2, 0.25) is 0 Å². The molecule has 2 aliphatic heterocycles. The van der Waals surface area contributed by atoms with E-state index in [9.17, 15) is 9.90 Å². The van der Waals surface area contributed by atoms with Gasteiger partial charge in [-0.05, 0) is 40.7 Å². The number of aliphatic hydroxyl groups is 1. The molecule has 0 unspecified atom stereocenters. The number of benzene rings is 3. The molecule has 2 heterocycles. The van der Waals surface area contributed by atoms with Crippen LogP contribution in [0.4, 0.5) is 0 Å². The van der Waals surface area contributed by atoms with Crippen LogP contribution in [0.2, 0.25) is 0 Å². The van der Waals surface area contributed by atoms with Crippen LogP contribution in [-0.2, 0) is 4.79 Å². The van der Waals surface area contributed by atoms with Crippen molar-refractivity contribution in [3.05, 3.63) is 96.1 Å². The van der Waals surface area contributed by atoms with Crippen molar-refractivity contribution in [1.82, 2.24) is 4.90 Å². The minimum absolute atomic E-state index is 0.0335. The largest absolute Gasteiger partial charge is 0.391 e. The maximum atomic E-state index is 13.4. The molecule has 3 nitrogen and oxygen atoms in total. The Bertz CT molecular complexity index is 1050. The minimum Gasteiger partial charge on any atom is -0.391 e. The minimum atomic E-state index is -0.430.